The van der Waals surface area contributed by atoms with Crippen LogP contribution in [0.4, 0.5) is 13.2 Å². The van der Waals surface area contributed by atoms with Crippen LogP contribution in [0.2, 0.25) is 0 Å². The van der Waals surface area contributed by atoms with Crippen molar-refractivity contribution < 1.29 is 75.4 Å². The summed E-state index contributed by atoms with van der Waals surface area (Å²) in [5.41, 5.74) is -1.54. The first kappa shape index (κ1) is 83.7. The fourth-order valence-electron chi connectivity index (χ4n) is 17.1. The molecular weight excluding hydrogens is 1360 g/mol. The summed E-state index contributed by atoms with van der Waals surface area (Å²) in [6, 6.07) is -10.1. The van der Waals surface area contributed by atoms with Gasteiger partial charge in [-0.25, -0.2) is 0 Å². The molecule has 3 aliphatic heterocycles. The Hall–Kier alpha value is -6.58. The molecule has 0 aromatic carbocycles. The van der Waals surface area contributed by atoms with Gasteiger partial charge in [-0.2, -0.15) is 13.2 Å². The number of rotatable bonds is 12. The minimum atomic E-state index is -4.43. The lowest BCUT2D eigenvalue weighted by Gasteiger charge is -2.46. The Morgan fingerprint density at radius 1 is 0.680 bits per heavy atom. The van der Waals surface area contributed by atoms with Crippen molar-refractivity contribution in [2.45, 2.75) is 254 Å². The zero-order valence-corrected chi connectivity index (χ0v) is 64.2. The van der Waals surface area contributed by atoms with Crippen LogP contribution in [0.1, 0.15) is 183 Å². The largest absolute Gasteiger partial charge is 0.391 e. The number of alkyl halides is 4. The molecule has 0 aromatic rings. The summed E-state index contributed by atoms with van der Waals surface area (Å²) in [5, 5.41) is 8.78. The number of nitrogens with one attached hydrogen (secondary N) is 3. The zero-order chi connectivity index (χ0) is 76.3. The minimum absolute atomic E-state index is 0.0232. The van der Waals surface area contributed by atoms with Crippen molar-refractivity contribution in [3.63, 3.8) is 0 Å². The third kappa shape index (κ3) is 20.1. The first-order valence-corrected chi connectivity index (χ1v) is 38.2. The fourth-order valence-corrected chi connectivity index (χ4v) is 17.3. The first-order chi connectivity index (χ1) is 48.5. The van der Waals surface area contributed by atoms with E-state index in [0.29, 0.717) is 32.1 Å². The van der Waals surface area contributed by atoms with Crippen molar-refractivity contribution in [2.75, 3.05) is 89.2 Å². The lowest BCUT2D eigenvalue weighted by Crippen LogP contribution is -2.68. The Morgan fingerprint density at radius 3 is 1.88 bits per heavy atom. The predicted molar refractivity (Wildman–Crippen MR) is 381 cm³/mol. The van der Waals surface area contributed by atoms with Gasteiger partial charge >= 0.3 is 6.18 Å². The second-order valence-corrected chi connectivity index (χ2v) is 31.7. The first-order valence-electron chi connectivity index (χ1n) is 37.8. The molecule has 29 heteroatoms. The summed E-state index contributed by atoms with van der Waals surface area (Å²) in [5.74, 6) is -10.5. The summed E-state index contributed by atoms with van der Waals surface area (Å²) in [7, 11) is 11.4. The van der Waals surface area contributed by atoms with Gasteiger partial charge < -0.3 is 64.8 Å². The average molecular weight is 1480 g/mol. The van der Waals surface area contributed by atoms with Gasteiger partial charge in [0, 0.05) is 87.9 Å². The number of carbonyl (C=O) groups is 12. The van der Waals surface area contributed by atoms with Crippen molar-refractivity contribution >= 4 is 82.5 Å². The normalized spacial score (nSPS) is 32.7. The number of hydrogen-bond donors (Lipinski definition) is 3. The lowest BCUT2D eigenvalue weighted by atomic mass is 9.74. The van der Waals surface area contributed by atoms with Crippen LogP contribution in [0.15, 0.2) is 12.2 Å². The third-order valence-electron chi connectivity index (χ3n) is 23.8. The van der Waals surface area contributed by atoms with E-state index in [2.05, 4.69) is 29.8 Å². The molecule has 580 valence electrons. The Balaban J connectivity index is 1.31. The van der Waals surface area contributed by atoms with E-state index in [4.69, 9.17) is 16.3 Å². The summed E-state index contributed by atoms with van der Waals surface area (Å²) in [6.07, 6.45) is 3.80. The highest BCUT2D eigenvalue weighted by Crippen LogP contribution is 2.43. The Labute approximate surface area is 612 Å². The van der Waals surface area contributed by atoms with Crippen LogP contribution in [0.3, 0.4) is 0 Å². The van der Waals surface area contributed by atoms with E-state index >= 15 is 28.8 Å². The number of likely N-dealkylation sites (N-methyl/N-ethyl adjacent to an activating group) is 7. The van der Waals surface area contributed by atoms with Crippen LogP contribution in [0.5, 0.6) is 0 Å². The second kappa shape index (κ2) is 36.6. The molecule has 25 nitrogen and oxygen atoms in total. The summed E-state index contributed by atoms with van der Waals surface area (Å²) in [4.78, 5) is 192. The Kier molecular flexibility index (Phi) is 29.8. The van der Waals surface area contributed by atoms with Crippen molar-refractivity contribution in [3.8, 4) is 0 Å². The SMILES string of the molecule is CCO[C@@H]1C[C@H]2C(=O)NC3(CCC3)C(=O)N(C)[C@@H](C3CCCC3)C(=O)N(C)[C@H](C(=O)N(C)C)CC(=O)N(C)[C@@H](CC)C(=O)N[C@@H]([C@@H](C)CC)C(=O)N(C)CC(=O)N(C)[C@H]3C/C=C\CCN(C3=O)[C@@H](CC3CCC(C(F)(F)F)CC3)C(=O)N(C)CC(=O)N[C@@H](CCC3CC(C)C(Cl)C(C)C3)C(=O)N2C1. The van der Waals surface area contributed by atoms with Crippen molar-refractivity contribution in [1.82, 2.24) is 60.0 Å². The van der Waals surface area contributed by atoms with E-state index in [1.54, 1.807) is 32.9 Å². The number of ether oxygens (including phenoxy) is 1. The monoisotopic (exact) mass is 1470 g/mol. The van der Waals surface area contributed by atoms with Crippen molar-refractivity contribution in [3.05, 3.63) is 12.2 Å². The zero-order valence-electron chi connectivity index (χ0n) is 63.4. The van der Waals surface area contributed by atoms with Gasteiger partial charge in [-0.1, -0.05) is 66.0 Å². The lowest BCUT2D eigenvalue weighted by molar-refractivity contribution is -0.184. The van der Waals surface area contributed by atoms with Gasteiger partial charge in [0.15, 0.2) is 0 Å². The van der Waals surface area contributed by atoms with Gasteiger partial charge in [0.2, 0.25) is 70.9 Å². The summed E-state index contributed by atoms with van der Waals surface area (Å²) >= 11 is 6.83. The molecule has 1 spiro atoms. The standard InChI is InChI=1S/C74H118ClF3N12O13/c1-15-44(4)62-70(100)84(10)43-60(93)86(12)54-26-19-18-22-35-89(69(54)99)57(38-47-27-30-50(31-28-47)74(76,77)78)68(98)83(9)42-58(91)79-52(32-29-48-36-45(5)61(75)46(6)37-48)66(96)90-41-51(103-17-3)39-55(90)65(95)81-73(33-23-34-73)72(102)88(14)63(49-24-20-21-25-49)71(101)87(13)56(67(97)82(7)8)40-59(92)85(11)53(16-2)64(94)80-62/h18-19,44-57,61-63H,15-17,20-43H2,1-14H3,(H,79,91)(H,80,94)(H,81,95)/b19-18-/t44-,45?,46?,47?,48?,50?,51+,52-,53-,54-,55-,56-,57-,61?,62-,63-/m0/s1. The van der Waals surface area contributed by atoms with E-state index in [9.17, 15) is 41.9 Å². The van der Waals surface area contributed by atoms with Crippen LogP contribution in [0.25, 0.3) is 0 Å². The van der Waals surface area contributed by atoms with E-state index in [0.717, 1.165) is 35.5 Å². The molecule has 12 atom stereocenters. The maximum atomic E-state index is 15.6. The molecule has 3 N–H and O–H groups in total. The molecule has 0 radical (unpaired) electrons. The maximum Gasteiger partial charge on any atom is 0.391 e. The number of nitrogens with zero attached hydrogens (tertiary/aromatic N) is 9. The topological polar surface area (TPSA) is 279 Å². The highest BCUT2D eigenvalue weighted by molar-refractivity contribution is 6.21. The van der Waals surface area contributed by atoms with E-state index < -0.39 is 174 Å². The van der Waals surface area contributed by atoms with E-state index in [-0.39, 0.29) is 126 Å². The molecule has 7 aliphatic rings. The number of carbonyl (C=O) groups excluding carboxylic acids is 12. The molecular formula is C74H118ClF3N12O13. The molecule has 2 unspecified atom stereocenters. The van der Waals surface area contributed by atoms with Gasteiger partial charge in [-0.05, 0) is 152 Å². The number of hydrogen-bond acceptors (Lipinski definition) is 13. The van der Waals surface area contributed by atoms with Gasteiger partial charge in [-0.3, -0.25) is 57.5 Å². The minimum Gasteiger partial charge on any atom is -0.377 e. The van der Waals surface area contributed by atoms with E-state index in [1.807, 2.05) is 6.92 Å². The fraction of sp³-hybridized carbons (Fsp3) is 0.811. The van der Waals surface area contributed by atoms with Gasteiger partial charge in [0.05, 0.1) is 31.5 Å². The van der Waals surface area contributed by atoms with Crippen molar-refractivity contribution in [1.29, 1.82) is 0 Å². The Morgan fingerprint density at radius 2 is 1.31 bits per heavy atom. The van der Waals surface area contributed by atoms with Crippen LogP contribution >= 0.6 is 11.6 Å². The molecule has 4 aliphatic carbocycles. The highest BCUT2D eigenvalue weighted by Gasteiger charge is 2.54. The molecule has 12 amide bonds. The smallest absolute Gasteiger partial charge is 0.377 e. The van der Waals surface area contributed by atoms with Gasteiger partial charge in [0.1, 0.15) is 53.9 Å². The maximum absolute atomic E-state index is 15.6. The number of fused-ring (bicyclic) bond motifs is 3. The van der Waals surface area contributed by atoms with Crippen LogP contribution in [-0.4, -0.2) is 276 Å². The molecule has 3 heterocycles. The third-order valence-corrected chi connectivity index (χ3v) is 24.7. The average Bonchev–Trinajstić information content (AvgIpc) is 1.68. The number of halogens is 4. The van der Waals surface area contributed by atoms with Crippen LogP contribution < -0.4 is 16.0 Å². The molecule has 2 saturated heterocycles. The Bertz CT molecular complexity index is 3060. The molecule has 7 rings (SSSR count). The van der Waals surface area contributed by atoms with Gasteiger partial charge in [0.25, 0.3) is 0 Å². The summed E-state index contributed by atoms with van der Waals surface area (Å²) in [6.45, 7) is 10.0. The quantitative estimate of drug-likeness (QED) is 0.156. The molecule has 6 fully saturated rings. The second-order valence-electron chi connectivity index (χ2n) is 31.2. The number of amides is 12. The van der Waals surface area contributed by atoms with E-state index in [1.165, 1.54) is 90.7 Å². The highest BCUT2D eigenvalue weighted by atomic mass is 35.5. The summed E-state index contributed by atoms with van der Waals surface area (Å²) < 4.78 is 48.5. The molecule has 103 heavy (non-hydrogen) atoms. The molecule has 2 bridgehead atoms. The predicted octanol–water partition coefficient (Wildman–Crippen LogP) is 5.74. The molecule has 0 aromatic heterocycles. The molecule has 4 saturated carbocycles. The van der Waals surface area contributed by atoms with Crippen molar-refractivity contribution in [2.24, 2.45) is 41.4 Å². The van der Waals surface area contributed by atoms with Crippen LogP contribution in [-0.2, 0) is 62.3 Å². The van der Waals surface area contributed by atoms with Gasteiger partial charge in [-0.15, -0.1) is 11.6 Å². The van der Waals surface area contributed by atoms with Crippen LogP contribution in [0, 0.1) is 41.4 Å².